The van der Waals surface area contributed by atoms with Crippen LogP contribution < -0.4 is 10.7 Å². The normalized spacial score (nSPS) is 19.8. The maximum Gasteiger partial charge on any atom is 0.215 e. The molecule has 2 aromatic rings. The Morgan fingerprint density at radius 1 is 0.846 bits per heavy atom. The average Bonchev–Trinajstić information content (AvgIpc) is 2.59. The largest absolute Gasteiger partial charge is 0.325 e. The summed E-state index contributed by atoms with van der Waals surface area (Å²) in [6.45, 7) is 9.18. The van der Waals surface area contributed by atoms with Crippen molar-refractivity contribution in [1.29, 1.82) is 0 Å². The predicted molar refractivity (Wildman–Crippen MR) is 111 cm³/mol. The smallest absolute Gasteiger partial charge is 0.215 e. The van der Waals surface area contributed by atoms with Crippen molar-refractivity contribution in [3.05, 3.63) is 60.7 Å². The number of anilines is 1. The zero-order valence-electron chi connectivity index (χ0n) is 16.3. The lowest BCUT2D eigenvalue weighted by Crippen LogP contribution is -2.66. The molecule has 3 rings (SSSR count). The number of hydrazine groups is 1. The fourth-order valence-corrected chi connectivity index (χ4v) is 3.78. The minimum absolute atomic E-state index is 0.0532. The zero-order chi connectivity index (χ0) is 18.6. The van der Waals surface area contributed by atoms with E-state index in [2.05, 4.69) is 55.6 Å². The van der Waals surface area contributed by atoms with Gasteiger partial charge in [0.15, 0.2) is 0 Å². The van der Waals surface area contributed by atoms with Crippen molar-refractivity contribution in [2.45, 2.75) is 58.0 Å². The molecule has 0 spiro atoms. The van der Waals surface area contributed by atoms with E-state index in [1.807, 2.05) is 48.5 Å². The Balaban J connectivity index is 1.91. The van der Waals surface area contributed by atoms with Crippen molar-refractivity contribution in [2.75, 3.05) is 5.32 Å². The zero-order valence-corrected chi connectivity index (χ0v) is 16.3. The number of guanidine groups is 1. The number of para-hydroxylation sites is 2. The van der Waals surface area contributed by atoms with Crippen molar-refractivity contribution in [3.8, 4) is 0 Å². The number of hydrogen-bond donors (Lipinski definition) is 2. The number of nitrogens with zero attached hydrogens (tertiary/aromatic N) is 2. The molecule has 0 saturated carbocycles. The Morgan fingerprint density at radius 3 is 1.96 bits per heavy atom. The van der Waals surface area contributed by atoms with Gasteiger partial charge in [0, 0.05) is 16.8 Å². The second-order valence-corrected chi connectivity index (χ2v) is 8.21. The van der Waals surface area contributed by atoms with Gasteiger partial charge in [-0.2, -0.15) is 0 Å². The summed E-state index contributed by atoms with van der Waals surface area (Å²) in [5.74, 6) is 0.741. The highest BCUT2D eigenvalue weighted by molar-refractivity contribution is 5.95. The summed E-state index contributed by atoms with van der Waals surface area (Å²) in [4.78, 5) is 4.83. The number of rotatable bonds is 3. The van der Waals surface area contributed by atoms with Gasteiger partial charge in [-0.25, -0.2) is 10.0 Å². The van der Waals surface area contributed by atoms with Crippen molar-refractivity contribution >= 4 is 17.3 Å². The van der Waals surface area contributed by atoms with Crippen LogP contribution in [0.4, 0.5) is 11.4 Å². The molecule has 0 amide bonds. The fraction of sp³-hybridized carbons (Fsp3) is 0.409. The maximum absolute atomic E-state index is 4.83. The Morgan fingerprint density at radius 2 is 1.38 bits per heavy atom. The molecule has 0 bridgehead atoms. The van der Waals surface area contributed by atoms with Crippen LogP contribution in [0, 0.1) is 0 Å². The number of nitrogens with one attached hydrogen (secondary N) is 2. The summed E-state index contributed by atoms with van der Waals surface area (Å²) in [6.07, 6.45) is 3.57. The number of benzene rings is 2. The first-order valence-electron chi connectivity index (χ1n) is 9.40. The summed E-state index contributed by atoms with van der Waals surface area (Å²) >= 11 is 0. The molecule has 0 aromatic heterocycles. The number of aliphatic imine (C=N–C) groups is 1. The maximum atomic E-state index is 4.83. The highest BCUT2D eigenvalue weighted by Gasteiger charge is 2.42. The van der Waals surface area contributed by atoms with E-state index in [1.165, 1.54) is 6.42 Å². The second-order valence-electron chi connectivity index (χ2n) is 8.21. The van der Waals surface area contributed by atoms with Gasteiger partial charge in [0.05, 0.1) is 5.69 Å². The first-order chi connectivity index (χ1) is 12.4. The van der Waals surface area contributed by atoms with Gasteiger partial charge in [0.1, 0.15) is 0 Å². The summed E-state index contributed by atoms with van der Waals surface area (Å²) in [5.41, 5.74) is 5.65. The molecule has 4 nitrogen and oxygen atoms in total. The van der Waals surface area contributed by atoms with Crippen LogP contribution in [0.3, 0.4) is 0 Å². The monoisotopic (exact) mass is 350 g/mol. The third-order valence-electron chi connectivity index (χ3n) is 5.04. The molecule has 0 aliphatic carbocycles. The van der Waals surface area contributed by atoms with E-state index < -0.39 is 0 Å². The Kier molecular flexibility index (Phi) is 5.33. The Hall–Kier alpha value is -2.33. The quantitative estimate of drug-likeness (QED) is 0.580. The molecular formula is C22H30N4. The van der Waals surface area contributed by atoms with Crippen LogP contribution in [0.25, 0.3) is 0 Å². The highest BCUT2D eigenvalue weighted by atomic mass is 15.6. The van der Waals surface area contributed by atoms with Crippen molar-refractivity contribution in [1.82, 2.24) is 10.4 Å². The molecule has 26 heavy (non-hydrogen) atoms. The number of piperidine rings is 1. The highest BCUT2D eigenvalue weighted by Crippen LogP contribution is 2.36. The molecule has 1 saturated heterocycles. The molecule has 0 atom stereocenters. The predicted octanol–water partition coefficient (Wildman–Crippen LogP) is 5.33. The van der Waals surface area contributed by atoms with E-state index >= 15 is 0 Å². The van der Waals surface area contributed by atoms with Gasteiger partial charge in [-0.05, 0) is 71.2 Å². The summed E-state index contributed by atoms with van der Waals surface area (Å²) in [5, 5.41) is 5.81. The molecule has 1 heterocycles. The summed E-state index contributed by atoms with van der Waals surface area (Å²) in [6, 6.07) is 20.2. The minimum Gasteiger partial charge on any atom is -0.325 e. The SMILES string of the molecule is CC1(C)CCCC(C)(C)N1NC(=Nc1ccccc1)Nc1ccccc1. The molecule has 2 aromatic carbocycles. The van der Waals surface area contributed by atoms with Crippen molar-refractivity contribution < 1.29 is 0 Å². The van der Waals surface area contributed by atoms with Crippen molar-refractivity contribution in [2.24, 2.45) is 4.99 Å². The average molecular weight is 351 g/mol. The van der Waals surface area contributed by atoms with Crippen LogP contribution in [0.15, 0.2) is 65.7 Å². The second kappa shape index (κ2) is 7.50. The van der Waals surface area contributed by atoms with Gasteiger partial charge in [-0.3, -0.25) is 5.43 Å². The molecule has 0 radical (unpaired) electrons. The number of hydrogen-bond acceptors (Lipinski definition) is 2. The van der Waals surface area contributed by atoms with Gasteiger partial charge in [-0.15, -0.1) is 0 Å². The van der Waals surface area contributed by atoms with Gasteiger partial charge in [0.2, 0.25) is 5.96 Å². The van der Waals surface area contributed by atoms with Crippen LogP contribution in [0.1, 0.15) is 47.0 Å². The molecule has 1 aliphatic heterocycles. The summed E-state index contributed by atoms with van der Waals surface area (Å²) in [7, 11) is 0. The molecule has 138 valence electrons. The van der Waals surface area contributed by atoms with E-state index in [0.717, 1.165) is 30.2 Å². The standard InChI is InChI=1S/C22H30N4/c1-21(2)16-11-17-22(3,4)26(21)25-20(23-18-12-7-5-8-13-18)24-19-14-9-6-10-15-19/h5-10,12-15H,11,16-17H2,1-4H3,(H2,23,24,25). The first-order valence-corrected chi connectivity index (χ1v) is 9.40. The lowest BCUT2D eigenvalue weighted by Gasteiger charge is -2.52. The topological polar surface area (TPSA) is 39.7 Å². The van der Waals surface area contributed by atoms with Crippen LogP contribution in [0.5, 0.6) is 0 Å². The van der Waals surface area contributed by atoms with Gasteiger partial charge < -0.3 is 5.32 Å². The molecule has 0 unspecified atom stereocenters. The van der Waals surface area contributed by atoms with Gasteiger partial charge in [-0.1, -0.05) is 36.4 Å². The van der Waals surface area contributed by atoms with Crippen LogP contribution >= 0.6 is 0 Å². The van der Waals surface area contributed by atoms with E-state index in [0.29, 0.717) is 0 Å². The van der Waals surface area contributed by atoms with E-state index in [-0.39, 0.29) is 11.1 Å². The first kappa shape index (κ1) is 18.5. The van der Waals surface area contributed by atoms with Gasteiger partial charge in [0.25, 0.3) is 0 Å². The third-order valence-corrected chi connectivity index (χ3v) is 5.04. The molecule has 2 N–H and O–H groups in total. The minimum atomic E-state index is 0.0532. The van der Waals surface area contributed by atoms with E-state index in [1.54, 1.807) is 0 Å². The van der Waals surface area contributed by atoms with Crippen molar-refractivity contribution in [3.63, 3.8) is 0 Å². The molecule has 1 fully saturated rings. The fourth-order valence-electron chi connectivity index (χ4n) is 3.78. The van der Waals surface area contributed by atoms with Crippen LogP contribution in [-0.2, 0) is 0 Å². The van der Waals surface area contributed by atoms with Gasteiger partial charge >= 0.3 is 0 Å². The van der Waals surface area contributed by atoms with Crippen LogP contribution in [0.2, 0.25) is 0 Å². The molecule has 1 aliphatic rings. The molecule has 4 heteroatoms. The lowest BCUT2D eigenvalue weighted by molar-refractivity contribution is -0.0509. The lowest BCUT2D eigenvalue weighted by atomic mass is 9.82. The third kappa shape index (κ3) is 4.44. The Bertz CT molecular complexity index is 719. The Labute approximate surface area is 157 Å². The summed E-state index contributed by atoms with van der Waals surface area (Å²) < 4.78 is 0. The molecular weight excluding hydrogens is 320 g/mol. The van der Waals surface area contributed by atoms with E-state index in [9.17, 15) is 0 Å². The van der Waals surface area contributed by atoms with E-state index in [4.69, 9.17) is 4.99 Å². The van der Waals surface area contributed by atoms with Crippen LogP contribution in [-0.4, -0.2) is 22.0 Å².